The summed E-state index contributed by atoms with van der Waals surface area (Å²) in [6.07, 6.45) is 0.348. The lowest BCUT2D eigenvalue weighted by molar-refractivity contribution is 0.521. The van der Waals surface area contributed by atoms with E-state index in [1.807, 2.05) is 6.07 Å². The number of nitrogens with zero attached hydrogens (tertiary/aromatic N) is 3. The predicted molar refractivity (Wildman–Crippen MR) is 75.2 cm³/mol. The molecular formula is C12H18N4O2S. The molecule has 0 heterocycles. The van der Waals surface area contributed by atoms with Crippen molar-refractivity contribution in [3.63, 3.8) is 0 Å². The summed E-state index contributed by atoms with van der Waals surface area (Å²) in [7, 11) is 1.12. The number of para-hydroxylation sites is 1. The first kappa shape index (κ1) is 15.3. The highest BCUT2D eigenvalue weighted by Gasteiger charge is 2.22. The molecule has 19 heavy (non-hydrogen) atoms. The number of sulfonamides is 1. The van der Waals surface area contributed by atoms with Crippen LogP contribution in [0.4, 0.5) is 11.4 Å². The van der Waals surface area contributed by atoms with Crippen LogP contribution in [0.2, 0.25) is 0 Å². The van der Waals surface area contributed by atoms with E-state index in [0.717, 1.165) is 4.31 Å². The van der Waals surface area contributed by atoms with E-state index in [9.17, 15) is 8.42 Å². The number of nitrogens with two attached hydrogens (primary N) is 1. The molecule has 0 aromatic heterocycles. The van der Waals surface area contributed by atoms with Crippen molar-refractivity contribution >= 4 is 21.4 Å². The molecule has 2 N–H and O–H groups in total. The summed E-state index contributed by atoms with van der Waals surface area (Å²) in [6, 6.07) is 6.90. The second-order valence-corrected chi connectivity index (χ2v) is 6.43. The fourth-order valence-corrected chi connectivity index (χ4v) is 2.65. The fraction of sp³-hybridized carbons (Fsp3) is 0.417. The molecule has 1 aromatic rings. The van der Waals surface area contributed by atoms with Crippen LogP contribution < -0.4 is 10.6 Å². The Kier molecular flexibility index (Phi) is 4.75. The highest BCUT2D eigenvalue weighted by atomic mass is 32.2. The van der Waals surface area contributed by atoms with Gasteiger partial charge in [-0.05, 0) is 12.1 Å². The van der Waals surface area contributed by atoms with Gasteiger partial charge in [-0.3, -0.25) is 0 Å². The Hall–Kier alpha value is -1.78. The first-order chi connectivity index (χ1) is 8.82. The quantitative estimate of drug-likeness (QED) is 0.809. The largest absolute Gasteiger partial charge is 0.396 e. The summed E-state index contributed by atoms with van der Waals surface area (Å²) < 4.78 is 25.4. The highest BCUT2D eigenvalue weighted by molar-refractivity contribution is 7.89. The van der Waals surface area contributed by atoms with E-state index in [-0.39, 0.29) is 10.6 Å². The predicted octanol–water partition coefficient (Wildman–Crippen LogP) is 0.869. The Morgan fingerprint density at radius 3 is 2.47 bits per heavy atom. The minimum absolute atomic E-state index is 0.0822. The van der Waals surface area contributed by atoms with Crippen LogP contribution in [0.15, 0.2) is 23.1 Å². The summed E-state index contributed by atoms with van der Waals surface area (Å²) in [5.74, 6) is 0. The third-order valence-corrected chi connectivity index (χ3v) is 4.65. The first-order valence-electron chi connectivity index (χ1n) is 5.71. The van der Waals surface area contributed by atoms with Crippen LogP contribution in [0, 0.1) is 11.3 Å². The summed E-state index contributed by atoms with van der Waals surface area (Å²) in [6.45, 7) is 0.492. The van der Waals surface area contributed by atoms with Gasteiger partial charge in [0.25, 0.3) is 0 Å². The van der Waals surface area contributed by atoms with E-state index in [0.29, 0.717) is 18.7 Å². The van der Waals surface area contributed by atoms with Gasteiger partial charge in [0, 0.05) is 27.7 Å². The summed E-state index contributed by atoms with van der Waals surface area (Å²) in [4.78, 5) is 1.85. The number of anilines is 2. The van der Waals surface area contributed by atoms with Gasteiger partial charge in [-0.1, -0.05) is 6.07 Å². The van der Waals surface area contributed by atoms with Crippen molar-refractivity contribution in [2.24, 2.45) is 0 Å². The SMILES string of the molecule is CN(CCC#N)c1cccc(S(=O)(=O)N(C)C)c1N. The van der Waals surface area contributed by atoms with Crippen LogP contribution in [0.3, 0.4) is 0 Å². The van der Waals surface area contributed by atoms with E-state index in [4.69, 9.17) is 11.0 Å². The molecule has 0 bridgehead atoms. The monoisotopic (exact) mass is 282 g/mol. The van der Waals surface area contributed by atoms with Crippen LogP contribution in [0.1, 0.15) is 6.42 Å². The van der Waals surface area contributed by atoms with Gasteiger partial charge in [0.2, 0.25) is 10.0 Å². The molecule has 0 aliphatic rings. The maximum Gasteiger partial charge on any atom is 0.244 e. The molecule has 7 heteroatoms. The van der Waals surface area contributed by atoms with Crippen molar-refractivity contribution in [1.29, 1.82) is 5.26 Å². The highest BCUT2D eigenvalue weighted by Crippen LogP contribution is 2.30. The zero-order valence-electron chi connectivity index (χ0n) is 11.3. The van der Waals surface area contributed by atoms with Crippen LogP contribution >= 0.6 is 0 Å². The molecule has 0 saturated carbocycles. The second-order valence-electron chi connectivity index (χ2n) is 4.31. The second kappa shape index (κ2) is 5.91. The maximum atomic E-state index is 12.1. The van der Waals surface area contributed by atoms with E-state index in [1.54, 1.807) is 24.1 Å². The number of nitrogen functional groups attached to an aromatic ring is 1. The van der Waals surface area contributed by atoms with Crippen molar-refractivity contribution < 1.29 is 8.42 Å². The van der Waals surface area contributed by atoms with E-state index >= 15 is 0 Å². The average Bonchev–Trinajstić information content (AvgIpc) is 2.35. The molecule has 0 aliphatic heterocycles. The summed E-state index contributed by atoms with van der Waals surface area (Å²) in [5.41, 5.74) is 6.76. The molecule has 0 aliphatic carbocycles. The number of hydrogen-bond acceptors (Lipinski definition) is 5. The molecule has 0 spiro atoms. The zero-order valence-corrected chi connectivity index (χ0v) is 12.1. The molecule has 0 amide bonds. The third-order valence-electron chi connectivity index (χ3n) is 2.77. The van der Waals surface area contributed by atoms with Crippen molar-refractivity contribution in [2.45, 2.75) is 11.3 Å². The van der Waals surface area contributed by atoms with Crippen molar-refractivity contribution in [2.75, 3.05) is 38.3 Å². The summed E-state index contributed by atoms with van der Waals surface area (Å²) >= 11 is 0. The normalized spacial score (nSPS) is 11.3. The average molecular weight is 282 g/mol. The van der Waals surface area contributed by atoms with Gasteiger partial charge in [-0.15, -0.1) is 0 Å². The molecule has 1 aromatic carbocycles. The molecule has 0 fully saturated rings. The lowest BCUT2D eigenvalue weighted by atomic mass is 10.2. The van der Waals surface area contributed by atoms with Crippen LogP contribution in [0.25, 0.3) is 0 Å². The van der Waals surface area contributed by atoms with Crippen LogP contribution in [0.5, 0.6) is 0 Å². The van der Waals surface area contributed by atoms with Gasteiger partial charge >= 0.3 is 0 Å². The topological polar surface area (TPSA) is 90.4 Å². The lowest BCUT2D eigenvalue weighted by Crippen LogP contribution is -2.25. The number of hydrogen-bond donors (Lipinski definition) is 1. The Labute approximate surface area is 114 Å². The standard InChI is InChI=1S/C12H18N4O2S/c1-15(2)19(17,18)11-7-4-6-10(12(11)14)16(3)9-5-8-13/h4,6-7H,5,9,14H2,1-3H3. The van der Waals surface area contributed by atoms with Crippen molar-refractivity contribution in [3.8, 4) is 6.07 Å². The minimum atomic E-state index is -3.57. The maximum absolute atomic E-state index is 12.1. The molecule has 6 nitrogen and oxygen atoms in total. The van der Waals surface area contributed by atoms with Gasteiger partial charge in [0.1, 0.15) is 4.90 Å². The van der Waals surface area contributed by atoms with Crippen molar-refractivity contribution in [3.05, 3.63) is 18.2 Å². The minimum Gasteiger partial charge on any atom is -0.396 e. The smallest absolute Gasteiger partial charge is 0.244 e. The van der Waals surface area contributed by atoms with Gasteiger partial charge in [0.15, 0.2) is 0 Å². The van der Waals surface area contributed by atoms with E-state index < -0.39 is 10.0 Å². The Morgan fingerprint density at radius 2 is 1.95 bits per heavy atom. The summed E-state index contributed by atoms with van der Waals surface area (Å²) in [5, 5.41) is 8.58. The number of nitriles is 1. The molecule has 0 unspecified atom stereocenters. The molecule has 104 valence electrons. The van der Waals surface area contributed by atoms with Crippen LogP contribution in [-0.2, 0) is 10.0 Å². The first-order valence-corrected chi connectivity index (χ1v) is 7.15. The van der Waals surface area contributed by atoms with Crippen molar-refractivity contribution in [1.82, 2.24) is 4.31 Å². The molecule has 0 atom stereocenters. The number of rotatable bonds is 5. The van der Waals surface area contributed by atoms with E-state index in [2.05, 4.69) is 0 Å². The molecule has 0 radical (unpaired) electrons. The Morgan fingerprint density at radius 1 is 1.32 bits per heavy atom. The zero-order chi connectivity index (χ0) is 14.6. The Balaban J connectivity index is 3.24. The van der Waals surface area contributed by atoms with Gasteiger partial charge in [0.05, 0.1) is 23.9 Å². The van der Waals surface area contributed by atoms with Gasteiger partial charge < -0.3 is 10.6 Å². The third kappa shape index (κ3) is 3.16. The molecule has 0 saturated heterocycles. The van der Waals surface area contributed by atoms with E-state index in [1.165, 1.54) is 20.2 Å². The Bertz CT molecular complexity index is 590. The fourth-order valence-electron chi connectivity index (χ4n) is 1.63. The number of benzene rings is 1. The van der Waals surface area contributed by atoms with Gasteiger partial charge in [-0.2, -0.15) is 5.26 Å². The molecule has 1 rings (SSSR count). The van der Waals surface area contributed by atoms with Gasteiger partial charge in [-0.25, -0.2) is 12.7 Å². The van der Waals surface area contributed by atoms with Crippen LogP contribution in [-0.4, -0.2) is 40.4 Å². The lowest BCUT2D eigenvalue weighted by Gasteiger charge is -2.22. The molecular weight excluding hydrogens is 264 g/mol.